The van der Waals surface area contributed by atoms with Crippen molar-refractivity contribution in [1.82, 2.24) is 10.2 Å². The summed E-state index contributed by atoms with van der Waals surface area (Å²) in [6.07, 6.45) is 4.17. The largest absolute Gasteiger partial charge is 0.310 e. The van der Waals surface area contributed by atoms with Gasteiger partial charge in [0.1, 0.15) is 0 Å². The Labute approximate surface area is 69.0 Å². The van der Waals surface area contributed by atoms with Crippen molar-refractivity contribution in [3.8, 4) is 0 Å². The van der Waals surface area contributed by atoms with Gasteiger partial charge in [-0.25, -0.2) is 0 Å². The fourth-order valence-corrected chi connectivity index (χ4v) is 2.45. The van der Waals surface area contributed by atoms with Crippen molar-refractivity contribution >= 4 is 0 Å². The zero-order valence-corrected chi connectivity index (χ0v) is 7.40. The van der Waals surface area contributed by atoms with Crippen molar-refractivity contribution in [2.45, 2.75) is 31.7 Å². The highest BCUT2D eigenvalue weighted by molar-refractivity contribution is 5.00. The van der Waals surface area contributed by atoms with Crippen LogP contribution in [0.3, 0.4) is 0 Å². The standard InChI is InChI=1S/C9H18N2/c1-2-11-7-5-9(8-11)4-3-6-10-9/h10H,2-8H2,1H3. The summed E-state index contributed by atoms with van der Waals surface area (Å²) in [5.41, 5.74) is 0.538. The summed E-state index contributed by atoms with van der Waals surface area (Å²) in [7, 11) is 0. The number of rotatable bonds is 1. The minimum Gasteiger partial charge on any atom is -0.310 e. The molecule has 1 spiro atoms. The number of likely N-dealkylation sites (N-methyl/N-ethyl adjacent to an activating group) is 1. The maximum atomic E-state index is 3.65. The van der Waals surface area contributed by atoms with Gasteiger partial charge in [-0.1, -0.05) is 6.92 Å². The van der Waals surface area contributed by atoms with Gasteiger partial charge >= 0.3 is 0 Å². The second kappa shape index (κ2) is 2.76. The first-order valence-electron chi connectivity index (χ1n) is 4.82. The Hall–Kier alpha value is -0.0800. The van der Waals surface area contributed by atoms with Crippen LogP contribution in [0.15, 0.2) is 0 Å². The Kier molecular flexibility index (Phi) is 1.90. The molecule has 0 bridgehead atoms. The summed E-state index contributed by atoms with van der Waals surface area (Å²) < 4.78 is 0. The molecule has 2 heteroatoms. The minimum absolute atomic E-state index is 0.538. The first-order chi connectivity index (χ1) is 5.35. The summed E-state index contributed by atoms with van der Waals surface area (Å²) in [6.45, 7) is 7.34. The average Bonchev–Trinajstić information content (AvgIpc) is 2.62. The molecule has 2 aliphatic heterocycles. The lowest BCUT2D eigenvalue weighted by molar-refractivity contribution is 0.310. The van der Waals surface area contributed by atoms with E-state index in [-0.39, 0.29) is 0 Å². The summed E-state index contributed by atoms with van der Waals surface area (Å²) in [4.78, 5) is 2.55. The van der Waals surface area contributed by atoms with E-state index in [1.165, 1.54) is 45.4 Å². The molecule has 2 aliphatic rings. The van der Waals surface area contributed by atoms with Gasteiger partial charge in [0.15, 0.2) is 0 Å². The SMILES string of the molecule is CCN1CCC2(CCCN2)C1. The molecule has 2 heterocycles. The van der Waals surface area contributed by atoms with Crippen LogP contribution in [0.1, 0.15) is 26.2 Å². The molecule has 64 valence electrons. The molecule has 0 aromatic carbocycles. The number of nitrogens with zero attached hydrogens (tertiary/aromatic N) is 1. The number of likely N-dealkylation sites (tertiary alicyclic amines) is 1. The predicted octanol–water partition coefficient (Wildman–Crippen LogP) is 0.834. The van der Waals surface area contributed by atoms with E-state index < -0.39 is 0 Å². The first kappa shape index (κ1) is 7.56. The lowest BCUT2D eigenvalue weighted by atomic mass is 9.97. The van der Waals surface area contributed by atoms with E-state index in [4.69, 9.17) is 0 Å². The highest BCUT2D eigenvalue weighted by Crippen LogP contribution is 2.29. The van der Waals surface area contributed by atoms with Crippen molar-refractivity contribution in [3.63, 3.8) is 0 Å². The zero-order valence-electron chi connectivity index (χ0n) is 7.40. The van der Waals surface area contributed by atoms with Crippen molar-refractivity contribution in [1.29, 1.82) is 0 Å². The van der Waals surface area contributed by atoms with Crippen molar-refractivity contribution in [2.75, 3.05) is 26.2 Å². The Morgan fingerprint density at radius 2 is 2.36 bits per heavy atom. The van der Waals surface area contributed by atoms with Gasteiger partial charge in [0.25, 0.3) is 0 Å². The fourth-order valence-electron chi connectivity index (χ4n) is 2.45. The van der Waals surface area contributed by atoms with Crippen LogP contribution in [0, 0.1) is 0 Å². The van der Waals surface area contributed by atoms with E-state index in [1.54, 1.807) is 0 Å². The van der Waals surface area contributed by atoms with Crippen LogP contribution < -0.4 is 5.32 Å². The predicted molar refractivity (Wildman–Crippen MR) is 46.7 cm³/mol. The lowest BCUT2D eigenvalue weighted by Gasteiger charge is -2.23. The van der Waals surface area contributed by atoms with E-state index in [2.05, 4.69) is 17.1 Å². The summed E-state index contributed by atoms with van der Waals surface area (Å²) in [5.74, 6) is 0. The van der Waals surface area contributed by atoms with E-state index in [0.717, 1.165) is 0 Å². The van der Waals surface area contributed by atoms with Gasteiger partial charge in [-0.3, -0.25) is 0 Å². The monoisotopic (exact) mass is 154 g/mol. The Morgan fingerprint density at radius 3 is 2.91 bits per heavy atom. The van der Waals surface area contributed by atoms with E-state index in [1.807, 2.05) is 0 Å². The molecule has 1 N–H and O–H groups in total. The molecule has 2 rings (SSSR count). The fraction of sp³-hybridized carbons (Fsp3) is 1.00. The van der Waals surface area contributed by atoms with E-state index in [9.17, 15) is 0 Å². The van der Waals surface area contributed by atoms with Crippen LogP contribution >= 0.6 is 0 Å². The Morgan fingerprint density at radius 1 is 1.45 bits per heavy atom. The minimum atomic E-state index is 0.538. The smallest absolute Gasteiger partial charge is 0.0321 e. The van der Waals surface area contributed by atoms with Crippen LogP contribution in [0.25, 0.3) is 0 Å². The second-order valence-corrected chi connectivity index (χ2v) is 3.93. The molecule has 0 aromatic heterocycles. The van der Waals surface area contributed by atoms with Crippen LogP contribution in [-0.4, -0.2) is 36.6 Å². The molecule has 2 saturated heterocycles. The summed E-state index contributed by atoms with van der Waals surface area (Å²) in [5, 5.41) is 3.65. The third-order valence-corrected chi connectivity index (χ3v) is 3.21. The molecule has 1 atom stereocenters. The van der Waals surface area contributed by atoms with Crippen molar-refractivity contribution in [3.05, 3.63) is 0 Å². The normalized spacial score (nSPS) is 39.0. The van der Waals surface area contributed by atoms with Crippen LogP contribution in [0.5, 0.6) is 0 Å². The third-order valence-electron chi connectivity index (χ3n) is 3.21. The molecule has 0 saturated carbocycles. The summed E-state index contributed by atoms with van der Waals surface area (Å²) >= 11 is 0. The maximum absolute atomic E-state index is 3.65. The molecule has 0 radical (unpaired) electrons. The van der Waals surface area contributed by atoms with Crippen LogP contribution in [0.2, 0.25) is 0 Å². The molecule has 0 aromatic rings. The van der Waals surface area contributed by atoms with Gasteiger partial charge in [0.05, 0.1) is 0 Å². The van der Waals surface area contributed by atoms with Crippen molar-refractivity contribution in [2.24, 2.45) is 0 Å². The molecular weight excluding hydrogens is 136 g/mol. The third kappa shape index (κ3) is 1.30. The maximum Gasteiger partial charge on any atom is 0.0321 e. The zero-order chi connectivity index (χ0) is 7.73. The average molecular weight is 154 g/mol. The molecule has 0 aliphatic carbocycles. The van der Waals surface area contributed by atoms with Gasteiger partial charge in [0.2, 0.25) is 0 Å². The molecule has 2 fully saturated rings. The number of hydrogen-bond acceptors (Lipinski definition) is 2. The first-order valence-corrected chi connectivity index (χ1v) is 4.82. The van der Waals surface area contributed by atoms with E-state index >= 15 is 0 Å². The molecule has 1 unspecified atom stereocenters. The van der Waals surface area contributed by atoms with Crippen molar-refractivity contribution < 1.29 is 0 Å². The van der Waals surface area contributed by atoms with Gasteiger partial charge in [-0.2, -0.15) is 0 Å². The van der Waals surface area contributed by atoms with Gasteiger partial charge in [-0.05, 0) is 38.9 Å². The van der Waals surface area contributed by atoms with Gasteiger partial charge in [-0.15, -0.1) is 0 Å². The number of hydrogen-bond donors (Lipinski definition) is 1. The van der Waals surface area contributed by atoms with Crippen LogP contribution in [-0.2, 0) is 0 Å². The van der Waals surface area contributed by atoms with Gasteiger partial charge < -0.3 is 10.2 Å². The molecule has 2 nitrogen and oxygen atoms in total. The van der Waals surface area contributed by atoms with Gasteiger partial charge in [0, 0.05) is 12.1 Å². The quantitative estimate of drug-likeness (QED) is 0.602. The Bertz CT molecular complexity index is 138. The van der Waals surface area contributed by atoms with E-state index in [0.29, 0.717) is 5.54 Å². The highest BCUT2D eigenvalue weighted by atomic mass is 15.2. The Balaban J connectivity index is 1.96. The molecule has 0 amide bonds. The highest BCUT2D eigenvalue weighted by Gasteiger charge is 2.39. The van der Waals surface area contributed by atoms with Crippen LogP contribution in [0.4, 0.5) is 0 Å². The molecular formula is C9H18N2. The topological polar surface area (TPSA) is 15.3 Å². The molecule has 11 heavy (non-hydrogen) atoms. The second-order valence-electron chi connectivity index (χ2n) is 3.93. The summed E-state index contributed by atoms with van der Waals surface area (Å²) in [6, 6.07) is 0. The number of nitrogens with one attached hydrogen (secondary N) is 1. The lowest BCUT2D eigenvalue weighted by Crippen LogP contribution is -2.42.